The predicted molar refractivity (Wildman–Crippen MR) is 99.0 cm³/mol. The molecule has 1 aliphatic rings. The minimum absolute atomic E-state index is 0.179. The summed E-state index contributed by atoms with van der Waals surface area (Å²) in [5.41, 5.74) is 1.58. The minimum Gasteiger partial charge on any atom is -0.425 e. The van der Waals surface area contributed by atoms with E-state index in [9.17, 15) is 14.4 Å². The van der Waals surface area contributed by atoms with E-state index in [1.165, 1.54) is 0 Å². The molecule has 0 unspecified atom stereocenters. The van der Waals surface area contributed by atoms with E-state index in [-0.39, 0.29) is 17.6 Å². The van der Waals surface area contributed by atoms with E-state index >= 15 is 0 Å². The summed E-state index contributed by atoms with van der Waals surface area (Å²) in [6.07, 6.45) is 1.78. The first-order valence-corrected chi connectivity index (χ1v) is 8.91. The average Bonchev–Trinajstić information content (AvgIpc) is 2.88. The summed E-state index contributed by atoms with van der Waals surface area (Å²) in [6.45, 7) is 0. The standard InChI is InChI=1S/C18H12BrNO4S/c19-13-8-12(9-15-17(22)20-18(23)25-15)6-7-14(13)24-16(21)10-11-4-2-1-3-5-11/h1-9H,10H2,(H,20,22,23)/b15-9-. The zero-order chi connectivity index (χ0) is 17.8. The molecule has 2 aromatic carbocycles. The van der Waals surface area contributed by atoms with Crippen LogP contribution in [0.2, 0.25) is 0 Å². The molecule has 0 atom stereocenters. The van der Waals surface area contributed by atoms with Crippen LogP contribution in [0.25, 0.3) is 6.08 Å². The Kier molecular flexibility index (Phi) is 5.35. The highest BCUT2D eigenvalue weighted by molar-refractivity contribution is 9.10. The fourth-order valence-electron chi connectivity index (χ4n) is 2.18. The number of carbonyl (C=O) groups excluding carboxylic acids is 3. The first-order valence-electron chi connectivity index (χ1n) is 7.30. The van der Waals surface area contributed by atoms with Crippen molar-refractivity contribution < 1.29 is 19.1 Å². The van der Waals surface area contributed by atoms with Crippen molar-refractivity contribution in [2.24, 2.45) is 0 Å². The molecule has 2 amide bonds. The fourth-order valence-corrected chi connectivity index (χ4v) is 3.34. The van der Waals surface area contributed by atoms with Gasteiger partial charge in [-0.25, -0.2) is 0 Å². The van der Waals surface area contributed by atoms with Crippen molar-refractivity contribution in [2.45, 2.75) is 6.42 Å². The van der Waals surface area contributed by atoms with Gasteiger partial charge in [0, 0.05) is 0 Å². The van der Waals surface area contributed by atoms with Gasteiger partial charge in [-0.1, -0.05) is 36.4 Å². The number of halogens is 1. The highest BCUT2D eigenvalue weighted by Gasteiger charge is 2.25. The lowest BCUT2D eigenvalue weighted by atomic mass is 10.1. The first-order chi connectivity index (χ1) is 12.0. The number of imide groups is 1. The maximum absolute atomic E-state index is 12.0. The van der Waals surface area contributed by atoms with Crippen molar-refractivity contribution in [2.75, 3.05) is 0 Å². The van der Waals surface area contributed by atoms with Gasteiger partial charge in [0.15, 0.2) is 0 Å². The number of amides is 2. The molecule has 1 saturated heterocycles. The number of thioether (sulfide) groups is 1. The Bertz CT molecular complexity index is 880. The van der Waals surface area contributed by atoms with Gasteiger partial charge in [0.2, 0.25) is 0 Å². The summed E-state index contributed by atoms with van der Waals surface area (Å²) in [6, 6.07) is 14.4. The van der Waals surface area contributed by atoms with Crippen LogP contribution in [0.5, 0.6) is 5.75 Å². The molecule has 0 aromatic heterocycles. The Labute approximate surface area is 156 Å². The second kappa shape index (κ2) is 7.67. The van der Waals surface area contributed by atoms with E-state index in [1.54, 1.807) is 24.3 Å². The van der Waals surface area contributed by atoms with Crippen LogP contribution in [0.4, 0.5) is 4.79 Å². The van der Waals surface area contributed by atoms with Crippen molar-refractivity contribution in [1.82, 2.24) is 5.32 Å². The van der Waals surface area contributed by atoms with Gasteiger partial charge in [0.25, 0.3) is 11.1 Å². The highest BCUT2D eigenvalue weighted by atomic mass is 79.9. The number of rotatable bonds is 4. The summed E-state index contributed by atoms with van der Waals surface area (Å²) >= 11 is 4.21. The van der Waals surface area contributed by atoms with Crippen LogP contribution in [0.3, 0.4) is 0 Å². The summed E-state index contributed by atoms with van der Waals surface area (Å²) in [4.78, 5) is 35.1. The molecular formula is C18H12BrNO4S. The van der Waals surface area contributed by atoms with Gasteiger partial charge < -0.3 is 4.74 Å². The van der Waals surface area contributed by atoms with Crippen LogP contribution < -0.4 is 10.1 Å². The highest BCUT2D eigenvalue weighted by Crippen LogP contribution is 2.30. The number of nitrogens with one attached hydrogen (secondary N) is 1. The van der Waals surface area contributed by atoms with Crippen LogP contribution in [-0.4, -0.2) is 17.1 Å². The summed E-state index contributed by atoms with van der Waals surface area (Å²) in [5.74, 6) is -0.388. The van der Waals surface area contributed by atoms with Crippen molar-refractivity contribution >= 4 is 50.9 Å². The molecule has 126 valence electrons. The molecule has 0 aliphatic carbocycles. The normalized spacial score (nSPS) is 15.3. The van der Waals surface area contributed by atoms with Crippen molar-refractivity contribution in [3.05, 3.63) is 69.0 Å². The van der Waals surface area contributed by atoms with E-state index in [2.05, 4.69) is 21.2 Å². The zero-order valence-electron chi connectivity index (χ0n) is 12.8. The Morgan fingerprint density at radius 1 is 1.16 bits per heavy atom. The largest absolute Gasteiger partial charge is 0.425 e. The van der Waals surface area contributed by atoms with Gasteiger partial charge in [-0.2, -0.15) is 0 Å². The summed E-state index contributed by atoms with van der Waals surface area (Å²) in [5, 5.41) is 1.81. The second-order valence-electron chi connectivity index (χ2n) is 5.18. The van der Waals surface area contributed by atoms with Crippen LogP contribution >= 0.6 is 27.7 Å². The lowest BCUT2D eigenvalue weighted by Gasteiger charge is -2.07. The van der Waals surface area contributed by atoms with Crippen molar-refractivity contribution in [3.8, 4) is 5.75 Å². The average molecular weight is 418 g/mol. The predicted octanol–water partition coefficient (Wildman–Crippen LogP) is 3.92. The number of ether oxygens (including phenoxy) is 1. The monoisotopic (exact) mass is 417 g/mol. The van der Waals surface area contributed by atoms with Gasteiger partial charge in [-0.3, -0.25) is 19.7 Å². The molecule has 7 heteroatoms. The second-order valence-corrected chi connectivity index (χ2v) is 7.05. The van der Waals surface area contributed by atoms with Crippen LogP contribution in [-0.2, 0) is 16.0 Å². The molecule has 1 fully saturated rings. The quantitative estimate of drug-likeness (QED) is 0.463. The molecule has 2 aromatic rings. The Morgan fingerprint density at radius 2 is 1.92 bits per heavy atom. The smallest absolute Gasteiger partial charge is 0.315 e. The van der Waals surface area contributed by atoms with Crippen LogP contribution in [0.1, 0.15) is 11.1 Å². The van der Waals surface area contributed by atoms with E-state index < -0.39 is 5.91 Å². The zero-order valence-corrected chi connectivity index (χ0v) is 15.2. The fraction of sp³-hybridized carbons (Fsp3) is 0.0556. The molecule has 1 heterocycles. The van der Waals surface area contributed by atoms with E-state index in [0.717, 1.165) is 17.3 Å². The molecule has 3 rings (SSSR count). The third-order valence-corrected chi connectivity index (χ3v) is 4.74. The number of carbonyl (C=O) groups is 3. The Balaban J connectivity index is 1.70. The van der Waals surface area contributed by atoms with Gasteiger partial charge in [0.05, 0.1) is 15.8 Å². The van der Waals surface area contributed by atoms with Crippen molar-refractivity contribution in [3.63, 3.8) is 0 Å². The van der Waals surface area contributed by atoms with Crippen molar-refractivity contribution in [1.29, 1.82) is 0 Å². The van der Waals surface area contributed by atoms with Gasteiger partial charge >= 0.3 is 5.97 Å². The van der Waals surface area contributed by atoms with Crippen LogP contribution in [0, 0.1) is 0 Å². The number of benzene rings is 2. The molecule has 1 aliphatic heterocycles. The Hall–Kier alpha value is -2.38. The van der Waals surface area contributed by atoms with E-state index in [1.807, 2.05) is 30.3 Å². The molecule has 1 N–H and O–H groups in total. The Morgan fingerprint density at radius 3 is 2.56 bits per heavy atom. The van der Waals surface area contributed by atoms with Gasteiger partial charge in [-0.05, 0) is 57.0 Å². The summed E-state index contributed by atoms with van der Waals surface area (Å²) in [7, 11) is 0. The molecule has 0 spiro atoms. The third-order valence-electron chi connectivity index (χ3n) is 3.31. The van der Waals surface area contributed by atoms with E-state index in [0.29, 0.717) is 20.7 Å². The maximum Gasteiger partial charge on any atom is 0.315 e. The maximum atomic E-state index is 12.0. The minimum atomic E-state index is -0.413. The molecule has 0 bridgehead atoms. The summed E-state index contributed by atoms with van der Waals surface area (Å²) < 4.78 is 5.95. The lowest BCUT2D eigenvalue weighted by molar-refractivity contribution is -0.133. The van der Waals surface area contributed by atoms with Gasteiger partial charge in [0.1, 0.15) is 5.75 Å². The van der Waals surface area contributed by atoms with Crippen LogP contribution in [0.15, 0.2) is 57.9 Å². The number of esters is 1. The molecule has 25 heavy (non-hydrogen) atoms. The first kappa shape index (κ1) is 17.4. The third kappa shape index (κ3) is 4.58. The number of hydrogen-bond donors (Lipinski definition) is 1. The lowest BCUT2D eigenvalue weighted by Crippen LogP contribution is -2.17. The molecular weight excluding hydrogens is 406 g/mol. The SMILES string of the molecule is O=C(Cc1ccccc1)Oc1ccc(/C=C2\SC(=O)NC2=O)cc1Br. The molecule has 5 nitrogen and oxygen atoms in total. The van der Waals surface area contributed by atoms with Gasteiger partial charge in [-0.15, -0.1) is 0 Å². The molecule has 0 saturated carbocycles. The number of hydrogen-bond acceptors (Lipinski definition) is 5. The molecule has 0 radical (unpaired) electrons. The topological polar surface area (TPSA) is 72.5 Å². The van der Waals surface area contributed by atoms with E-state index in [4.69, 9.17) is 4.74 Å².